The highest BCUT2D eigenvalue weighted by molar-refractivity contribution is 6.33. The lowest BCUT2D eigenvalue weighted by Gasteiger charge is -2.31. The predicted molar refractivity (Wildman–Crippen MR) is 83.7 cm³/mol. The van der Waals surface area contributed by atoms with Gasteiger partial charge in [-0.1, -0.05) is 18.5 Å². The second-order valence-electron chi connectivity index (χ2n) is 5.40. The maximum absolute atomic E-state index is 12.4. The summed E-state index contributed by atoms with van der Waals surface area (Å²) in [6, 6.07) is 1.67. The lowest BCUT2D eigenvalue weighted by atomic mass is 9.97. The van der Waals surface area contributed by atoms with Crippen molar-refractivity contribution in [3.8, 4) is 0 Å². The monoisotopic (exact) mass is 311 g/mol. The number of carbonyl (C=O) groups is 1. The van der Waals surface area contributed by atoms with Crippen LogP contribution in [0.2, 0.25) is 5.02 Å². The Hall–Kier alpha value is -1.33. The molecule has 0 unspecified atom stereocenters. The van der Waals surface area contributed by atoms with Gasteiger partial charge in [-0.15, -0.1) is 0 Å². The largest absolute Gasteiger partial charge is 0.396 e. The van der Waals surface area contributed by atoms with Crippen LogP contribution in [0.3, 0.4) is 0 Å². The highest BCUT2D eigenvalue weighted by Gasteiger charge is 2.23. The summed E-state index contributed by atoms with van der Waals surface area (Å²) in [5.41, 5.74) is 0.518. The minimum atomic E-state index is -0.0390. The highest BCUT2D eigenvalue weighted by Crippen LogP contribution is 2.23. The Morgan fingerprint density at radius 3 is 2.81 bits per heavy atom. The van der Waals surface area contributed by atoms with E-state index in [1.54, 1.807) is 17.2 Å². The van der Waals surface area contributed by atoms with Gasteiger partial charge in [0.1, 0.15) is 5.82 Å². The van der Waals surface area contributed by atoms with Gasteiger partial charge in [0.15, 0.2) is 0 Å². The molecule has 0 radical (unpaired) electrons. The molecule has 116 valence electrons. The Bertz CT molecular complexity index is 488. The molecule has 1 aliphatic heterocycles. The number of hydrogen-bond donors (Lipinski definition) is 2. The molecule has 0 bridgehead atoms. The van der Waals surface area contributed by atoms with Crippen LogP contribution in [0.5, 0.6) is 0 Å². The van der Waals surface area contributed by atoms with E-state index in [1.807, 2.05) is 0 Å². The molecule has 1 aliphatic rings. The number of anilines is 1. The molecule has 1 aromatic rings. The molecule has 0 saturated carbocycles. The summed E-state index contributed by atoms with van der Waals surface area (Å²) in [5.74, 6) is 0.897. The summed E-state index contributed by atoms with van der Waals surface area (Å²) in [4.78, 5) is 18.5. The number of nitrogens with zero attached hydrogens (tertiary/aromatic N) is 2. The van der Waals surface area contributed by atoms with Crippen LogP contribution in [-0.4, -0.2) is 47.1 Å². The van der Waals surface area contributed by atoms with Crippen molar-refractivity contribution in [3.63, 3.8) is 0 Å². The Morgan fingerprint density at radius 1 is 1.52 bits per heavy atom. The van der Waals surface area contributed by atoms with Crippen LogP contribution in [0.15, 0.2) is 12.3 Å². The number of hydrogen-bond acceptors (Lipinski definition) is 4. The number of amides is 1. The Morgan fingerprint density at radius 2 is 2.24 bits per heavy atom. The van der Waals surface area contributed by atoms with Crippen molar-refractivity contribution in [2.75, 3.05) is 31.6 Å². The summed E-state index contributed by atoms with van der Waals surface area (Å²) in [6.07, 6.45) is 4.25. The molecule has 5 nitrogen and oxygen atoms in total. The SMILES string of the molecule is CCCNc1ncc(C(=O)N2CCC(CO)CC2)cc1Cl. The van der Waals surface area contributed by atoms with Crippen LogP contribution >= 0.6 is 11.6 Å². The minimum Gasteiger partial charge on any atom is -0.396 e. The fraction of sp³-hybridized carbons (Fsp3) is 0.600. The van der Waals surface area contributed by atoms with Gasteiger partial charge in [-0.25, -0.2) is 4.98 Å². The predicted octanol–water partition coefficient (Wildman–Crippen LogP) is 2.40. The smallest absolute Gasteiger partial charge is 0.255 e. The number of pyridine rings is 1. The molecule has 0 atom stereocenters. The van der Waals surface area contributed by atoms with Gasteiger partial charge in [0, 0.05) is 32.4 Å². The van der Waals surface area contributed by atoms with Crippen LogP contribution in [0.4, 0.5) is 5.82 Å². The average molecular weight is 312 g/mol. The molecule has 21 heavy (non-hydrogen) atoms. The lowest BCUT2D eigenvalue weighted by molar-refractivity contribution is 0.0650. The lowest BCUT2D eigenvalue weighted by Crippen LogP contribution is -2.39. The van der Waals surface area contributed by atoms with Crippen LogP contribution in [0, 0.1) is 5.92 Å². The van der Waals surface area contributed by atoms with Crippen molar-refractivity contribution in [1.29, 1.82) is 0 Å². The number of aromatic nitrogens is 1. The number of nitrogens with one attached hydrogen (secondary N) is 1. The van der Waals surface area contributed by atoms with Crippen molar-refractivity contribution in [2.24, 2.45) is 5.92 Å². The van der Waals surface area contributed by atoms with Crippen molar-refractivity contribution in [3.05, 3.63) is 22.8 Å². The molecule has 1 aromatic heterocycles. The Balaban J connectivity index is 2.01. The molecule has 1 fully saturated rings. The molecule has 2 N–H and O–H groups in total. The van der Waals surface area contributed by atoms with E-state index < -0.39 is 0 Å². The number of piperidine rings is 1. The maximum Gasteiger partial charge on any atom is 0.255 e. The molecule has 1 amide bonds. The van der Waals surface area contributed by atoms with Crippen LogP contribution in [0.25, 0.3) is 0 Å². The first-order valence-corrected chi connectivity index (χ1v) is 7.83. The van der Waals surface area contributed by atoms with Gasteiger partial charge in [0.2, 0.25) is 0 Å². The summed E-state index contributed by atoms with van der Waals surface area (Å²) in [6.45, 7) is 4.42. The molecular formula is C15H22ClN3O2. The van der Waals surface area contributed by atoms with E-state index in [1.165, 1.54) is 0 Å². The molecule has 0 spiro atoms. The summed E-state index contributed by atoms with van der Waals surface area (Å²) < 4.78 is 0. The molecule has 2 heterocycles. The third kappa shape index (κ3) is 4.08. The number of likely N-dealkylation sites (tertiary alicyclic amines) is 1. The molecule has 0 aromatic carbocycles. The van der Waals surface area contributed by atoms with Gasteiger partial charge < -0.3 is 15.3 Å². The zero-order valence-electron chi connectivity index (χ0n) is 12.3. The number of rotatable bonds is 5. The first-order valence-electron chi connectivity index (χ1n) is 7.45. The molecule has 1 saturated heterocycles. The van der Waals surface area contributed by atoms with Gasteiger partial charge in [-0.2, -0.15) is 0 Å². The topological polar surface area (TPSA) is 65.5 Å². The van der Waals surface area contributed by atoms with E-state index in [0.717, 1.165) is 25.8 Å². The van der Waals surface area contributed by atoms with E-state index in [-0.39, 0.29) is 12.5 Å². The zero-order valence-corrected chi connectivity index (χ0v) is 13.1. The van der Waals surface area contributed by atoms with E-state index in [0.29, 0.717) is 35.4 Å². The summed E-state index contributed by atoms with van der Waals surface area (Å²) in [5, 5.41) is 12.7. The van der Waals surface area contributed by atoms with Crippen LogP contribution < -0.4 is 5.32 Å². The first-order chi connectivity index (χ1) is 10.2. The van der Waals surface area contributed by atoms with Crippen molar-refractivity contribution >= 4 is 23.3 Å². The van der Waals surface area contributed by atoms with Crippen molar-refractivity contribution in [1.82, 2.24) is 9.88 Å². The molecule has 6 heteroatoms. The summed E-state index contributed by atoms with van der Waals surface area (Å²) >= 11 is 6.16. The van der Waals surface area contributed by atoms with Crippen LogP contribution in [0.1, 0.15) is 36.5 Å². The molecular weight excluding hydrogens is 290 g/mol. The number of aliphatic hydroxyl groups excluding tert-OH is 1. The van der Waals surface area contributed by atoms with Gasteiger partial charge in [0.25, 0.3) is 5.91 Å². The number of carbonyl (C=O) groups excluding carboxylic acids is 1. The third-order valence-electron chi connectivity index (χ3n) is 3.79. The van der Waals surface area contributed by atoms with Crippen molar-refractivity contribution in [2.45, 2.75) is 26.2 Å². The van der Waals surface area contributed by atoms with Gasteiger partial charge in [0.05, 0.1) is 10.6 Å². The fourth-order valence-electron chi connectivity index (χ4n) is 2.43. The number of halogens is 1. The molecule has 2 rings (SSSR count). The number of aliphatic hydroxyl groups is 1. The van der Waals surface area contributed by atoms with Gasteiger partial charge in [-0.3, -0.25) is 4.79 Å². The highest BCUT2D eigenvalue weighted by atomic mass is 35.5. The second kappa shape index (κ2) is 7.61. The quantitative estimate of drug-likeness (QED) is 0.876. The maximum atomic E-state index is 12.4. The van der Waals surface area contributed by atoms with E-state index in [9.17, 15) is 4.79 Å². The Kier molecular flexibility index (Phi) is 5.82. The van der Waals surface area contributed by atoms with Crippen LogP contribution in [-0.2, 0) is 0 Å². The average Bonchev–Trinajstić information content (AvgIpc) is 2.53. The zero-order chi connectivity index (χ0) is 15.2. The standard InChI is InChI=1S/C15H22ClN3O2/c1-2-5-17-14-13(16)8-12(9-18-14)15(21)19-6-3-11(10-20)4-7-19/h8-9,11,20H,2-7,10H2,1H3,(H,17,18). The van der Waals surface area contributed by atoms with Gasteiger partial charge >= 0.3 is 0 Å². The normalized spacial score (nSPS) is 16.0. The van der Waals surface area contributed by atoms with Gasteiger partial charge in [-0.05, 0) is 31.2 Å². The summed E-state index contributed by atoms with van der Waals surface area (Å²) in [7, 11) is 0. The minimum absolute atomic E-state index is 0.0390. The fourth-order valence-corrected chi connectivity index (χ4v) is 2.66. The molecule has 0 aliphatic carbocycles. The third-order valence-corrected chi connectivity index (χ3v) is 4.08. The van der Waals surface area contributed by atoms with E-state index in [4.69, 9.17) is 16.7 Å². The van der Waals surface area contributed by atoms with Crippen molar-refractivity contribution < 1.29 is 9.90 Å². The second-order valence-corrected chi connectivity index (χ2v) is 5.81. The van der Waals surface area contributed by atoms with E-state index in [2.05, 4.69) is 17.2 Å². The van der Waals surface area contributed by atoms with E-state index >= 15 is 0 Å². The first kappa shape index (κ1) is 16.0. The Labute approximate surface area is 130 Å².